The second-order valence-corrected chi connectivity index (χ2v) is 6.37. The lowest BCUT2D eigenvalue weighted by Crippen LogP contribution is -2.40. The molecule has 126 valence electrons. The van der Waals surface area contributed by atoms with Gasteiger partial charge in [-0.25, -0.2) is 0 Å². The van der Waals surface area contributed by atoms with E-state index in [1.807, 2.05) is 47.4 Å². The molecule has 4 rings (SSSR count). The zero-order valence-electron chi connectivity index (χ0n) is 14.1. The van der Waals surface area contributed by atoms with E-state index in [4.69, 9.17) is 4.42 Å². The van der Waals surface area contributed by atoms with Crippen molar-refractivity contribution in [3.05, 3.63) is 84.3 Å². The third-order valence-electron chi connectivity index (χ3n) is 4.60. The van der Waals surface area contributed by atoms with Gasteiger partial charge in [0.1, 0.15) is 0 Å². The van der Waals surface area contributed by atoms with Gasteiger partial charge in [0.05, 0.1) is 12.3 Å². The maximum absolute atomic E-state index is 13.2. The number of benzene rings is 2. The number of amides is 1. The summed E-state index contributed by atoms with van der Waals surface area (Å²) in [5, 5.41) is 3.51. The number of para-hydroxylation sites is 2. The van der Waals surface area contributed by atoms with E-state index in [9.17, 15) is 4.79 Å². The van der Waals surface area contributed by atoms with E-state index in [-0.39, 0.29) is 18.0 Å². The van der Waals surface area contributed by atoms with Gasteiger partial charge in [0.15, 0.2) is 5.76 Å². The summed E-state index contributed by atoms with van der Waals surface area (Å²) in [6.45, 7) is 2.14. The van der Waals surface area contributed by atoms with Crippen LogP contribution in [0.4, 0.5) is 11.4 Å². The average molecular weight is 332 g/mol. The number of fused-ring (bicyclic) bond motifs is 1. The molecule has 4 nitrogen and oxygen atoms in total. The van der Waals surface area contributed by atoms with Crippen molar-refractivity contribution < 1.29 is 9.21 Å². The Balaban J connectivity index is 1.83. The molecule has 0 fully saturated rings. The van der Waals surface area contributed by atoms with Gasteiger partial charge >= 0.3 is 0 Å². The van der Waals surface area contributed by atoms with Gasteiger partial charge in [0.25, 0.3) is 5.91 Å². The molecule has 1 aromatic heterocycles. The molecule has 0 radical (unpaired) electrons. The van der Waals surface area contributed by atoms with E-state index >= 15 is 0 Å². The maximum atomic E-state index is 13.2. The van der Waals surface area contributed by atoms with Crippen LogP contribution < -0.4 is 10.2 Å². The SMILES string of the molecule is CC1CC(N(C(=O)c2ccco2)c2ccccc2)c2ccccc2N1. The fourth-order valence-electron chi connectivity index (χ4n) is 3.50. The quantitative estimate of drug-likeness (QED) is 0.744. The monoisotopic (exact) mass is 332 g/mol. The first-order valence-electron chi connectivity index (χ1n) is 8.51. The van der Waals surface area contributed by atoms with Gasteiger partial charge in [-0.1, -0.05) is 36.4 Å². The van der Waals surface area contributed by atoms with E-state index in [2.05, 4.69) is 24.4 Å². The Kier molecular flexibility index (Phi) is 4.02. The molecule has 0 aliphatic carbocycles. The number of rotatable bonds is 3. The Bertz CT molecular complexity index is 859. The van der Waals surface area contributed by atoms with Crippen LogP contribution in [0.1, 0.15) is 35.5 Å². The standard InChI is InChI=1S/C21H20N2O2/c1-15-14-19(17-10-5-6-11-18(17)22-15)23(16-8-3-2-4-9-16)21(24)20-12-7-13-25-20/h2-13,15,19,22H,14H2,1H3. The van der Waals surface area contributed by atoms with Crippen LogP contribution in [-0.2, 0) is 0 Å². The highest BCUT2D eigenvalue weighted by atomic mass is 16.3. The summed E-state index contributed by atoms with van der Waals surface area (Å²) in [7, 11) is 0. The van der Waals surface area contributed by atoms with Gasteiger partial charge in [-0.2, -0.15) is 0 Å². The van der Waals surface area contributed by atoms with Crippen LogP contribution in [0.15, 0.2) is 77.4 Å². The predicted molar refractivity (Wildman–Crippen MR) is 98.8 cm³/mol. The zero-order chi connectivity index (χ0) is 17.2. The molecule has 2 aromatic carbocycles. The number of anilines is 2. The normalized spacial score (nSPS) is 18.9. The third kappa shape index (κ3) is 2.91. The minimum Gasteiger partial charge on any atom is -0.459 e. The molecular formula is C21H20N2O2. The summed E-state index contributed by atoms with van der Waals surface area (Å²) in [5.41, 5.74) is 3.08. The second kappa shape index (κ2) is 6.48. The molecule has 4 heteroatoms. The molecule has 0 saturated carbocycles. The molecule has 1 aliphatic heterocycles. The summed E-state index contributed by atoms with van der Waals surface area (Å²) in [6.07, 6.45) is 2.37. The van der Waals surface area contributed by atoms with Gasteiger partial charge < -0.3 is 9.73 Å². The Hall–Kier alpha value is -3.01. The van der Waals surface area contributed by atoms with Gasteiger partial charge in [-0.15, -0.1) is 0 Å². The van der Waals surface area contributed by atoms with Crippen molar-refractivity contribution in [3.63, 3.8) is 0 Å². The van der Waals surface area contributed by atoms with Crippen molar-refractivity contribution in [3.8, 4) is 0 Å². The van der Waals surface area contributed by atoms with Crippen LogP contribution in [0, 0.1) is 0 Å². The van der Waals surface area contributed by atoms with Gasteiger partial charge in [-0.3, -0.25) is 9.69 Å². The van der Waals surface area contributed by atoms with Crippen LogP contribution in [-0.4, -0.2) is 11.9 Å². The van der Waals surface area contributed by atoms with Crippen molar-refractivity contribution in [1.29, 1.82) is 0 Å². The highest BCUT2D eigenvalue weighted by Gasteiger charge is 2.34. The topological polar surface area (TPSA) is 45.5 Å². The molecule has 1 aliphatic rings. The molecule has 1 N–H and O–H groups in total. The first-order valence-corrected chi connectivity index (χ1v) is 8.51. The van der Waals surface area contributed by atoms with E-state index in [1.165, 1.54) is 6.26 Å². The van der Waals surface area contributed by atoms with Crippen molar-refractivity contribution in [2.45, 2.75) is 25.4 Å². The molecule has 0 bridgehead atoms. The Morgan fingerprint density at radius 1 is 1.04 bits per heavy atom. The van der Waals surface area contributed by atoms with Gasteiger partial charge in [-0.05, 0) is 49.2 Å². The second-order valence-electron chi connectivity index (χ2n) is 6.37. The summed E-state index contributed by atoms with van der Waals surface area (Å²) in [6, 6.07) is 21.7. The number of carbonyl (C=O) groups is 1. The summed E-state index contributed by atoms with van der Waals surface area (Å²) in [4.78, 5) is 15.1. The van der Waals surface area contributed by atoms with Crippen molar-refractivity contribution in [1.82, 2.24) is 0 Å². The maximum Gasteiger partial charge on any atom is 0.294 e. The zero-order valence-corrected chi connectivity index (χ0v) is 14.1. The molecule has 2 unspecified atom stereocenters. The molecule has 0 saturated heterocycles. The number of nitrogens with zero attached hydrogens (tertiary/aromatic N) is 1. The predicted octanol–water partition coefficient (Wildman–Crippen LogP) is 4.87. The van der Waals surface area contributed by atoms with Crippen LogP contribution in [0.25, 0.3) is 0 Å². The van der Waals surface area contributed by atoms with Gasteiger partial charge in [0, 0.05) is 17.4 Å². The number of hydrogen-bond acceptors (Lipinski definition) is 3. The van der Waals surface area contributed by atoms with Crippen LogP contribution >= 0.6 is 0 Å². The first kappa shape index (κ1) is 15.5. The highest BCUT2D eigenvalue weighted by molar-refractivity contribution is 6.05. The number of hydrogen-bond donors (Lipinski definition) is 1. The summed E-state index contributed by atoms with van der Waals surface area (Å²) >= 11 is 0. The molecule has 2 heterocycles. The van der Waals surface area contributed by atoms with E-state index in [0.717, 1.165) is 23.4 Å². The van der Waals surface area contributed by atoms with Crippen LogP contribution in [0.3, 0.4) is 0 Å². The van der Waals surface area contributed by atoms with Crippen molar-refractivity contribution in [2.75, 3.05) is 10.2 Å². The Morgan fingerprint density at radius 2 is 1.80 bits per heavy atom. The Labute approximate surface area is 147 Å². The largest absolute Gasteiger partial charge is 0.459 e. The lowest BCUT2D eigenvalue weighted by molar-refractivity contribution is 0.0947. The van der Waals surface area contributed by atoms with E-state index in [0.29, 0.717) is 5.76 Å². The van der Waals surface area contributed by atoms with E-state index < -0.39 is 0 Å². The molecule has 0 spiro atoms. The fraction of sp³-hybridized carbons (Fsp3) is 0.190. The molecule has 2 atom stereocenters. The minimum absolute atomic E-state index is 0.0487. The minimum atomic E-state index is -0.120. The molecule has 3 aromatic rings. The van der Waals surface area contributed by atoms with Crippen molar-refractivity contribution in [2.24, 2.45) is 0 Å². The third-order valence-corrected chi connectivity index (χ3v) is 4.60. The molecule has 25 heavy (non-hydrogen) atoms. The number of nitrogens with one attached hydrogen (secondary N) is 1. The summed E-state index contributed by atoms with van der Waals surface area (Å²) in [5.74, 6) is 0.234. The lowest BCUT2D eigenvalue weighted by Gasteiger charge is -2.38. The average Bonchev–Trinajstić information content (AvgIpc) is 3.17. The van der Waals surface area contributed by atoms with Gasteiger partial charge in [0.2, 0.25) is 0 Å². The van der Waals surface area contributed by atoms with Crippen LogP contribution in [0.5, 0.6) is 0 Å². The molecule has 1 amide bonds. The Morgan fingerprint density at radius 3 is 2.56 bits per heavy atom. The molecular weight excluding hydrogens is 312 g/mol. The smallest absolute Gasteiger partial charge is 0.294 e. The van der Waals surface area contributed by atoms with Crippen LogP contribution in [0.2, 0.25) is 0 Å². The highest BCUT2D eigenvalue weighted by Crippen LogP contribution is 2.39. The summed E-state index contributed by atoms with van der Waals surface area (Å²) < 4.78 is 5.40. The van der Waals surface area contributed by atoms with E-state index in [1.54, 1.807) is 12.1 Å². The number of carbonyl (C=O) groups excluding carboxylic acids is 1. The first-order chi connectivity index (χ1) is 12.2. The lowest BCUT2D eigenvalue weighted by atomic mass is 9.91. The number of furan rings is 1. The van der Waals surface area contributed by atoms with Crippen molar-refractivity contribution >= 4 is 17.3 Å². The fourth-order valence-corrected chi connectivity index (χ4v) is 3.50.